The molecule has 6 heteroatoms. The SMILES string of the molecule is CC(C(=O)N(C)c1ccccc1F)c1cccc(C(F)(F)F)c1. The number of alkyl halides is 3. The van der Waals surface area contributed by atoms with E-state index in [4.69, 9.17) is 0 Å². The van der Waals surface area contributed by atoms with Gasteiger partial charge in [0.2, 0.25) is 5.91 Å². The lowest BCUT2D eigenvalue weighted by molar-refractivity contribution is -0.137. The number of nitrogens with zero attached hydrogens (tertiary/aromatic N) is 1. The maximum atomic E-state index is 13.7. The Morgan fingerprint density at radius 2 is 1.74 bits per heavy atom. The van der Waals surface area contributed by atoms with Crippen LogP contribution in [-0.4, -0.2) is 13.0 Å². The smallest absolute Gasteiger partial charge is 0.312 e. The van der Waals surface area contributed by atoms with Crippen molar-refractivity contribution < 1.29 is 22.4 Å². The summed E-state index contributed by atoms with van der Waals surface area (Å²) in [7, 11) is 1.39. The summed E-state index contributed by atoms with van der Waals surface area (Å²) in [5.41, 5.74) is -0.507. The van der Waals surface area contributed by atoms with Gasteiger partial charge in [0.05, 0.1) is 17.2 Å². The molecule has 122 valence electrons. The van der Waals surface area contributed by atoms with Gasteiger partial charge >= 0.3 is 6.18 Å². The third kappa shape index (κ3) is 3.70. The Morgan fingerprint density at radius 1 is 1.09 bits per heavy atom. The summed E-state index contributed by atoms with van der Waals surface area (Å²) in [6.45, 7) is 1.50. The lowest BCUT2D eigenvalue weighted by atomic mass is 9.97. The van der Waals surface area contributed by atoms with E-state index in [0.29, 0.717) is 0 Å². The molecule has 0 radical (unpaired) electrons. The number of rotatable bonds is 3. The van der Waals surface area contributed by atoms with E-state index in [9.17, 15) is 22.4 Å². The predicted octanol–water partition coefficient (Wildman–Crippen LogP) is 4.61. The summed E-state index contributed by atoms with van der Waals surface area (Å²) < 4.78 is 52.0. The second-order valence-electron chi connectivity index (χ2n) is 5.19. The topological polar surface area (TPSA) is 20.3 Å². The summed E-state index contributed by atoms with van der Waals surface area (Å²) in [6.07, 6.45) is -4.48. The van der Waals surface area contributed by atoms with Crippen LogP contribution in [0.15, 0.2) is 48.5 Å². The number of carbonyl (C=O) groups is 1. The molecule has 0 saturated carbocycles. The van der Waals surface area contributed by atoms with Gasteiger partial charge < -0.3 is 4.90 Å². The largest absolute Gasteiger partial charge is 0.416 e. The number of carbonyl (C=O) groups excluding carboxylic acids is 1. The number of halogens is 4. The Kier molecular flexibility index (Phi) is 4.73. The standard InChI is InChI=1S/C17H15F4NO/c1-11(12-6-5-7-13(10-12)17(19,20)21)16(23)22(2)15-9-4-3-8-14(15)18/h3-11H,1-2H3. The molecule has 2 nitrogen and oxygen atoms in total. The lowest BCUT2D eigenvalue weighted by Gasteiger charge is -2.22. The van der Waals surface area contributed by atoms with Gasteiger partial charge in [-0.2, -0.15) is 13.2 Å². The van der Waals surface area contributed by atoms with E-state index in [-0.39, 0.29) is 11.3 Å². The second kappa shape index (κ2) is 6.40. The van der Waals surface area contributed by atoms with E-state index in [0.717, 1.165) is 17.0 Å². The normalized spacial score (nSPS) is 12.8. The molecule has 0 bridgehead atoms. The molecule has 23 heavy (non-hydrogen) atoms. The zero-order valence-electron chi connectivity index (χ0n) is 12.6. The van der Waals surface area contributed by atoms with Crippen molar-refractivity contribution in [3.63, 3.8) is 0 Å². The first-order valence-corrected chi connectivity index (χ1v) is 6.91. The monoisotopic (exact) mass is 325 g/mol. The third-order valence-corrected chi connectivity index (χ3v) is 3.63. The maximum Gasteiger partial charge on any atom is 0.416 e. The Morgan fingerprint density at radius 3 is 2.35 bits per heavy atom. The van der Waals surface area contributed by atoms with Gasteiger partial charge in [-0.3, -0.25) is 4.79 Å². The molecule has 1 unspecified atom stereocenters. The molecule has 2 rings (SSSR count). The summed E-state index contributed by atoms with van der Waals surface area (Å²) >= 11 is 0. The molecule has 1 atom stereocenters. The Labute approximate surface area is 131 Å². The van der Waals surface area contributed by atoms with Gasteiger partial charge in [-0.25, -0.2) is 4.39 Å². The van der Waals surface area contributed by atoms with Crippen molar-refractivity contribution in [1.29, 1.82) is 0 Å². The quantitative estimate of drug-likeness (QED) is 0.755. The fourth-order valence-electron chi connectivity index (χ4n) is 2.26. The van der Waals surface area contributed by atoms with Gasteiger partial charge in [0.1, 0.15) is 5.82 Å². The number of hydrogen-bond donors (Lipinski definition) is 0. The highest BCUT2D eigenvalue weighted by atomic mass is 19.4. The highest BCUT2D eigenvalue weighted by molar-refractivity contribution is 5.97. The van der Waals surface area contributed by atoms with E-state index in [2.05, 4.69) is 0 Å². The number of anilines is 1. The maximum absolute atomic E-state index is 13.7. The van der Waals surface area contributed by atoms with Crippen molar-refractivity contribution in [2.75, 3.05) is 11.9 Å². The first-order valence-electron chi connectivity index (χ1n) is 6.91. The van der Waals surface area contributed by atoms with Crippen molar-refractivity contribution in [3.8, 4) is 0 Å². The lowest BCUT2D eigenvalue weighted by Crippen LogP contribution is -2.31. The Bertz CT molecular complexity index is 712. The molecule has 0 spiro atoms. The van der Waals surface area contributed by atoms with E-state index in [1.807, 2.05) is 0 Å². The molecule has 0 aliphatic heterocycles. The van der Waals surface area contributed by atoms with Crippen molar-refractivity contribution in [1.82, 2.24) is 0 Å². The summed E-state index contributed by atoms with van der Waals surface area (Å²) in [6, 6.07) is 10.3. The summed E-state index contributed by atoms with van der Waals surface area (Å²) in [5, 5.41) is 0. The highest BCUT2D eigenvalue weighted by Crippen LogP contribution is 2.32. The van der Waals surface area contributed by atoms with Gasteiger partial charge in [-0.15, -0.1) is 0 Å². The van der Waals surface area contributed by atoms with Crippen molar-refractivity contribution in [2.24, 2.45) is 0 Å². The average molecular weight is 325 g/mol. The first-order chi connectivity index (χ1) is 10.7. The van der Waals surface area contributed by atoms with Crippen LogP contribution < -0.4 is 4.90 Å². The van der Waals surface area contributed by atoms with E-state index < -0.39 is 29.4 Å². The van der Waals surface area contributed by atoms with Crippen LogP contribution in [-0.2, 0) is 11.0 Å². The van der Waals surface area contributed by atoms with Crippen molar-refractivity contribution in [2.45, 2.75) is 19.0 Å². The van der Waals surface area contributed by atoms with E-state index >= 15 is 0 Å². The van der Waals surface area contributed by atoms with Gasteiger partial charge in [-0.1, -0.05) is 30.3 Å². The fraction of sp³-hybridized carbons (Fsp3) is 0.235. The van der Waals surface area contributed by atoms with Crippen LogP contribution in [0.2, 0.25) is 0 Å². The molecule has 2 aromatic rings. The van der Waals surface area contributed by atoms with Gasteiger partial charge in [-0.05, 0) is 30.7 Å². The molecule has 0 fully saturated rings. The molecular weight excluding hydrogens is 310 g/mol. The van der Waals surface area contributed by atoms with Gasteiger partial charge in [0.25, 0.3) is 0 Å². The van der Waals surface area contributed by atoms with Crippen LogP contribution in [0.1, 0.15) is 24.0 Å². The number of hydrogen-bond acceptors (Lipinski definition) is 1. The molecule has 0 aromatic heterocycles. The average Bonchev–Trinajstić information content (AvgIpc) is 2.52. The van der Waals surface area contributed by atoms with Crippen LogP contribution in [0.5, 0.6) is 0 Å². The van der Waals surface area contributed by atoms with E-state index in [1.54, 1.807) is 6.07 Å². The minimum Gasteiger partial charge on any atom is -0.312 e. The predicted molar refractivity (Wildman–Crippen MR) is 79.7 cm³/mol. The zero-order chi connectivity index (χ0) is 17.2. The molecule has 0 saturated heterocycles. The molecule has 1 amide bonds. The molecule has 0 aliphatic carbocycles. The fourth-order valence-corrected chi connectivity index (χ4v) is 2.26. The minimum atomic E-state index is -4.48. The number of para-hydroxylation sites is 1. The molecule has 2 aromatic carbocycles. The molecular formula is C17H15F4NO. The summed E-state index contributed by atoms with van der Waals surface area (Å²) in [4.78, 5) is 13.5. The third-order valence-electron chi connectivity index (χ3n) is 3.63. The Balaban J connectivity index is 2.28. The van der Waals surface area contributed by atoms with Crippen LogP contribution >= 0.6 is 0 Å². The second-order valence-corrected chi connectivity index (χ2v) is 5.19. The first kappa shape index (κ1) is 17.0. The van der Waals surface area contributed by atoms with Crippen LogP contribution in [0, 0.1) is 5.82 Å². The van der Waals surface area contributed by atoms with Crippen LogP contribution in [0.3, 0.4) is 0 Å². The van der Waals surface area contributed by atoms with Crippen LogP contribution in [0.25, 0.3) is 0 Å². The molecule has 0 N–H and O–H groups in total. The zero-order valence-corrected chi connectivity index (χ0v) is 12.6. The Hall–Kier alpha value is -2.37. The molecule has 0 heterocycles. The highest BCUT2D eigenvalue weighted by Gasteiger charge is 2.31. The van der Waals surface area contributed by atoms with Crippen LogP contribution in [0.4, 0.5) is 23.2 Å². The van der Waals surface area contributed by atoms with Gasteiger partial charge in [0.15, 0.2) is 0 Å². The number of amides is 1. The van der Waals surface area contributed by atoms with E-state index in [1.165, 1.54) is 44.3 Å². The molecule has 0 aliphatic rings. The number of likely N-dealkylation sites (N-methyl/N-ethyl adjacent to an activating group) is 1. The minimum absolute atomic E-state index is 0.0799. The number of benzene rings is 2. The van der Waals surface area contributed by atoms with Gasteiger partial charge in [0, 0.05) is 7.05 Å². The summed E-state index contributed by atoms with van der Waals surface area (Å²) in [5.74, 6) is -1.89. The van der Waals surface area contributed by atoms with Crippen molar-refractivity contribution in [3.05, 3.63) is 65.5 Å². The van der Waals surface area contributed by atoms with Crippen molar-refractivity contribution >= 4 is 11.6 Å².